The molecule has 0 bridgehead atoms. The number of benzene rings is 2. The second-order valence-electron chi connectivity index (χ2n) is 5.28. The summed E-state index contributed by atoms with van der Waals surface area (Å²) in [5.74, 6) is 0.745. The number of hydrogen-bond donors (Lipinski definition) is 0. The zero-order valence-electron chi connectivity index (χ0n) is 13.0. The first-order chi connectivity index (χ1) is 10.7. The van der Waals surface area contributed by atoms with Crippen LogP contribution in [0, 0.1) is 11.7 Å². The number of rotatable bonds is 7. The van der Waals surface area contributed by atoms with Gasteiger partial charge in [0, 0.05) is 22.1 Å². The first-order valence-electron chi connectivity index (χ1n) is 7.66. The number of carbonyl (C=O) groups excluding carboxylic acids is 1. The lowest BCUT2D eigenvalue weighted by molar-refractivity contribution is 0.0913. The molecule has 0 saturated heterocycles. The Morgan fingerprint density at radius 2 is 1.68 bits per heavy atom. The van der Waals surface area contributed by atoms with Gasteiger partial charge >= 0.3 is 0 Å². The molecular formula is C19H21FOS. The maximum Gasteiger partial charge on any atom is 0.165 e. The van der Waals surface area contributed by atoms with Crippen molar-refractivity contribution in [1.29, 1.82) is 0 Å². The normalized spacial score (nSPS) is 10.9. The molecule has 0 aromatic heterocycles. The molecule has 2 aromatic rings. The standard InChI is InChI=1S/C19H21FOS/c1-3-14(4-2)19(21)15-9-11-17(12-10-15)22-13-16-7-5-6-8-18(16)20/h5-12,14H,3-4,13H2,1-2H3. The summed E-state index contributed by atoms with van der Waals surface area (Å²) in [5.41, 5.74) is 1.47. The highest BCUT2D eigenvalue weighted by molar-refractivity contribution is 7.98. The summed E-state index contributed by atoms with van der Waals surface area (Å²) in [4.78, 5) is 13.3. The van der Waals surface area contributed by atoms with Crippen LogP contribution in [0.15, 0.2) is 53.4 Å². The third-order valence-electron chi connectivity index (χ3n) is 3.85. The molecule has 1 nitrogen and oxygen atoms in total. The first kappa shape index (κ1) is 16.8. The summed E-state index contributed by atoms with van der Waals surface area (Å²) >= 11 is 1.58. The van der Waals surface area contributed by atoms with E-state index in [9.17, 15) is 9.18 Å². The molecule has 0 N–H and O–H groups in total. The van der Waals surface area contributed by atoms with E-state index >= 15 is 0 Å². The number of hydrogen-bond acceptors (Lipinski definition) is 2. The molecule has 0 aliphatic rings. The molecule has 0 radical (unpaired) electrons. The van der Waals surface area contributed by atoms with Crippen LogP contribution in [0.3, 0.4) is 0 Å². The van der Waals surface area contributed by atoms with Gasteiger partial charge in [-0.3, -0.25) is 4.79 Å². The smallest absolute Gasteiger partial charge is 0.165 e. The van der Waals surface area contributed by atoms with Crippen LogP contribution in [-0.4, -0.2) is 5.78 Å². The van der Waals surface area contributed by atoms with E-state index in [0.29, 0.717) is 11.3 Å². The van der Waals surface area contributed by atoms with Crippen molar-refractivity contribution in [2.24, 2.45) is 5.92 Å². The maximum absolute atomic E-state index is 13.6. The Kier molecular flexibility index (Phi) is 6.20. The molecule has 0 fully saturated rings. The molecular weight excluding hydrogens is 295 g/mol. The molecule has 0 unspecified atom stereocenters. The van der Waals surface area contributed by atoms with Gasteiger partial charge in [0.2, 0.25) is 0 Å². The van der Waals surface area contributed by atoms with Gasteiger partial charge < -0.3 is 0 Å². The number of halogens is 1. The summed E-state index contributed by atoms with van der Waals surface area (Å²) in [6.07, 6.45) is 1.75. The van der Waals surface area contributed by atoms with Crippen molar-refractivity contribution in [3.8, 4) is 0 Å². The van der Waals surface area contributed by atoms with Gasteiger partial charge in [0.05, 0.1) is 0 Å². The highest BCUT2D eigenvalue weighted by Gasteiger charge is 2.16. The summed E-state index contributed by atoms with van der Waals surface area (Å²) < 4.78 is 13.6. The summed E-state index contributed by atoms with van der Waals surface area (Å²) in [7, 11) is 0. The highest BCUT2D eigenvalue weighted by atomic mass is 32.2. The minimum Gasteiger partial charge on any atom is -0.294 e. The minimum absolute atomic E-state index is 0.108. The maximum atomic E-state index is 13.6. The molecule has 2 rings (SSSR count). The Morgan fingerprint density at radius 1 is 1.05 bits per heavy atom. The van der Waals surface area contributed by atoms with Crippen molar-refractivity contribution in [3.05, 3.63) is 65.5 Å². The van der Waals surface area contributed by atoms with Crippen LogP contribution in [0.5, 0.6) is 0 Å². The average molecular weight is 316 g/mol. The van der Waals surface area contributed by atoms with E-state index in [1.54, 1.807) is 23.9 Å². The van der Waals surface area contributed by atoms with Gasteiger partial charge in [-0.25, -0.2) is 4.39 Å². The van der Waals surface area contributed by atoms with Gasteiger partial charge in [0.1, 0.15) is 5.82 Å². The molecule has 0 spiro atoms. The van der Waals surface area contributed by atoms with Crippen LogP contribution < -0.4 is 0 Å². The fraction of sp³-hybridized carbons (Fsp3) is 0.316. The number of thioether (sulfide) groups is 1. The Balaban J connectivity index is 2.00. The fourth-order valence-electron chi connectivity index (χ4n) is 2.39. The summed E-state index contributed by atoms with van der Waals surface area (Å²) in [6, 6.07) is 14.5. The lowest BCUT2D eigenvalue weighted by atomic mass is 9.93. The molecule has 0 heterocycles. The van der Waals surface area contributed by atoms with Crippen molar-refractivity contribution < 1.29 is 9.18 Å². The lowest BCUT2D eigenvalue weighted by Crippen LogP contribution is -2.12. The van der Waals surface area contributed by atoms with E-state index in [0.717, 1.165) is 23.3 Å². The zero-order valence-corrected chi connectivity index (χ0v) is 13.8. The number of carbonyl (C=O) groups is 1. The predicted octanol–water partition coefficient (Wildman–Crippen LogP) is 5.74. The second-order valence-corrected chi connectivity index (χ2v) is 6.33. The SMILES string of the molecule is CCC(CC)C(=O)c1ccc(SCc2ccccc2F)cc1. The number of Topliss-reactive ketones (excluding diaryl/α,β-unsaturated/α-hetero) is 1. The van der Waals surface area contributed by atoms with Gasteiger partial charge in [-0.1, -0.05) is 44.2 Å². The number of ketones is 1. The van der Waals surface area contributed by atoms with Crippen molar-refractivity contribution >= 4 is 17.5 Å². The van der Waals surface area contributed by atoms with Gasteiger partial charge in [0.25, 0.3) is 0 Å². The third-order valence-corrected chi connectivity index (χ3v) is 4.91. The topological polar surface area (TPSA) is 17.1 Å². The van der Waals surface area contributed by atoms with E-state index in [-0.39, 0.29) is 17.5 Å². The molecule has 116 valence electrons. The second kappa shape index (κ2) is 8.14. The summed E-state index contributed by atoms with van der Waals surface area (Å²) in [5, 5.41) is 0. The Labute approximate surface area is 135 Å². The Morgan fingerprint density at radius 3 is 2.27 bits per heavy atom. The van der Waals surface area contributed by atoms with E-state index in [1.165, 1.54) is 6.07 Å². The summed E-state index contributed by atoms with van der Waals surface area (Å²) in [6.45, 7) is 4.09. The third kappa shape index (κ3) is 4.20. The van der Waals surface area contributed by atoms with Crippen molar-refractivity contribution in [1.82, 2.24) is 0 Å². The predicted molar refractivity (Wildman–Crippen MR) is 90.8 cm³/mol. The molecule has 3 heteroatoms. The first-order valence-corrected chi connectivity index (χ1v) is 8.64. The monoisotopic (exact) mass is 316 g/mol. The fourth-order valence-corrected chi connectivity index (χ4v) is 3.27. The van der Waals surface area contributed by atoms with E-state index < -0.39 is 0 Å². The van der Waals surface area contributed by atoms with E-state index in [2.05, 4.69) is 0 Å². The molecule has 2 aromatic carbocycles. The Bertz CT molecular complexity index is 618. The molecule has 0 atom stereocenters. The molecule has 0 aliphatic heterocycles. The average Bonchev–Trinajstić information content (AvgIpc) is 2.55. The van der Waals surface area contributed by atoms with Crippen molar-refractivity contribution in [2.75, 3.05) is 0 Å². The Hall–Kier alpha value is -1.61. The van der Waals surface area contributed by atoms with Gasteiger partial charge in [0.15, 0.2) is 5.78 Å². The minimum atomic E-state index is -0.171. The van der Waals surface area contributed by atoms with Crippen LogP contribution in [0.2, 0.25) is 0 Å². The van der Waals surface area contributed by atoms with Crippen LogP contribution in [0.25, 0.3) is 0 Å². The molecule has 0 amide bonds. The molecule has 0 saturated carbocycles. The van der Waals surface area contributed by atoms with Crippen molar-refractivity contribution in [3.63, 3.8) is 0 Å². The van der Waals surface area contributed by atoms with E-state index in [1.807, 2.05) is 44.2 Å². The molecule has 0 aliphatic carbocycles. The largest absolute Gasteiger partial charge is 0.294 e. The van der Waals surface area contributed by atoms with Gasteiger partial charge in [-0.15, -0.1) is 11.8 Å². The van der Waals surface area contributed by atoms with Crippen LogP contribution in [0.1, 0.15) is 42.6 Å². The van der Waals surface area contributed by atoms with E-state index in [4.69, 9.17) is 0 Å². The van der Waals surface area contributed by atoms with Gasteiger partial charge in [-0.05, 0) is 36.6 Å². The van der Waals surface area contributed by atoms with Crippen LogP contribution in [0.4, 0.5) is 4.39 Å². The van der Waals surface area contributed by atoms with Gasteiger partial charge in [-0.2, -0.15) is 0 Å². The highest BCUT2D eigenvalue weighted by Crippen LogP contribution is 2.25. The quantitative estimate of drug-likeness (QED) is 0.479. The molecule has 22 heavy (non-hydrogen) atoms. The van der Waals surface area contributed by atoms with Crippen LogP contribution >= 0.6 is 11.8 Å². The van der Waals surface area contributed by atoms with Crippen molar-refractivity contribution in [2.45, 2.75) is 37.3 Å². The zero-order chi connectivity index (χ0) is 15.9. The lowest BCUT2D eigenvalue weighted by Gasteiger charge is -2.11. The van der Waals surface area contributed by atoms with Crippen LogP contribution in [-0.2, 0) is 5.75 Å².